The van der Waals surface area contributed by atoms with Gasteiger partial charge in [0, 0.05) is 6.54 Å². The van der Waals surface area contributed by atoms with Crippen LogP contribution in [0.1, 0.15) is 43.0 Å². The summed E-state index contributed by atoms with van der Waals surface area (Å²) in [6.45, 7) is 3.85. The minimum Gasteiger partial charge on any atom is -0.440 e. The quantitative estimate of drug-likeness (QED) is 0.714. The number of hydrogen-bond donors (Lipinski definition) is 2. The van der Waals surface area contributed by atoms with Crippen LogP contribution in [0.3, 0.4) is 0 Å². The molecule has 2 aromatic rings. The third-order valence-corrected chi connectivity index (χ3v) is 4.40. The van der Waals surface area contributed by atoms with Gasteiger partial charge in [-0.3, -0.25) is 0 Å². The number of primary amides is 2. The number of hydrogen-bond acceptors (Lipinski definition) is 6. The molecule has 2 atom stereocenters. The Morgan fingerprint density at radius 3 is 2.23 bits per heavy atom. The number of imidazole rings is 1. The molecule has 0 radical (unpaired) electrons. The Bertz CT molecular complexity index is 779. The van der Waals surface area contributed by atoms with E-state index in [-0.39, 0.29) is 0 Å². The van der Waals surface area contributed by atoms with Crippen LogP contribution in [0.4, 0.5) is 9.59 Å². The van der Waals surface area contributed by atoms with Gasteiger partial charge in [-0.1, -0.05) is 42.1 Å². The van der Waals surface area contributed by atoms with Crippen molar-refractivity contribution in [2.45, 2.75) is 37.8 Å². The monoisotopic (exact) mass is 378 g/mol. The van der Waals surface area contributed by atoms with Crippen LogP contribution in [0.2, 0.25) is 0 Å². The molecule has 0 aliphatic carbocycles. The lowest BCUT2D eigenvalue weighted by Crippen LogP contribution is -2.21. The van der Waals surface area contributed by atoms with Gasteiger partial charge in [-0.05, 0) is 25.7 Å². The molecule has 0 saturated carbocycles. The summed E-state index contributed by atoms with van der Waals surface area (Å²) in [6.07, 6.45) is -1.31. The molecule has 0 aliphatic rings. The molecule has 2 unspecified atom stereocenters. The first-order chi connectivity index (χ1) is 12.3. The van der Waals surface area contributed by atoms with E-state index in [0.717, 1.165) is 5.56 Å². The van der Waals surface area contributed by atoms with Gasteiger partial charge < -0.3 is 25.5 Å². The van der Waals surface area contributed by atoms with E-state index in [1.807, 2.05) is 41.2 Å². The van der Waals surface area contributed by atoms with Crippen LogP contribution in [0, 0.1) is 0 Å². The van der Waals surface area contributed by atoms with E-state index in [1.165, 1.54) is 11.8 Å². The number of nitrogens with two attached hydrogens (primary N) is 2. The fraction of sp³-hybridized carbons (Fsp3) is 0.353. The van der Waals surface area contributed by atoms with Gasteiger partial charge in [0.05, 0.1) is 5.69 Å². The molecule has 140 valence electrons. The molecule has 4 N–H and O–H groups in total. The number of carbonyl (C=O) groups excluding carboxylic acids is 2. The molecule has 2 rings (SSSR count). The average molecular weight is 378 g/mol. The highest BCUT2D eigenvalue weighted by Gasteiger charge is 2.28. The lowest BCUT2D eigenvalue weighted by molar-refractivity contribution is 0.0995. The van der Waals surface area contributed by atoms with Gasteiger partial charge in [0.25, 0.3) is 0 Å². The fourth-order valence-corrected chi connectivity index (χ4v) is 3.30. The Labute approximate surface area is 155 Å². The van der Waals surface area contributed by atoms with Crippen LogP contribution in [-0.4, -0.2) is 28.0 Å². The summed E-state index contributed by atoms with van der Waals surface area (Å²) in [6, 6.07) is 9.77. The lowest BCUT2D eigenvalue weighted by atomic mass is 10.1. The van der Waals surface area contributed by atoms with Crippen molar-refractivity contribution in [2.24, 2.45) is 11.5 Å². The Kier molecular flexibility index (Phi) is 6.51. The first-order valence-electron chi connectivity index (χ1n) is 7.93. The highest BCUT2D eigenvalue weighted by molar-refractivity contribution is 7.98. The number of aromatic nitrogens is 2. The number of ether oxygens (including phenoxy) is 2. The second-order valence-corrected chi connectivity index (χ2v) is 6.37. The van der Waals surface area contributed by atoms with Gasteiger partial charge in [-0.15, -0.1) is 0 Å². The van der Waals surface area contributed by atoms with Crippen molar-refractivity contribution in [1.82, 2.24) is 9.55 Å². The summed E-state index contributed by atoms with van der Waals surface area (Å²) in [5.41, 5.74) is 12.4. The standard InChI is InChI=1S/C17H22N4O4S/c1-10(24-15(18)22)13-14(11(2)25-16(19)23)21(17(20-13)26-3)9-12-7-5-4-6-8-12/h4-8,10-11H,9H2,1-3H3,(H2,18,22)(H2,19,23). The van der Waals surface area contributed by atoms with Crippen LogP contribution < -0.4 is 11.5 Å². The van der Waals surface area contributed by atoms with Crippen LogP contribution >= 0.6 is 11.8 Å². The van der Waals surface area contributed by atoms with Crippen molar-refractivity contribution in [3.05, 3.63) is 47.3 Å². The molecule has 1 heterocycles. The van der Waals surface area contributed by atoms with E-state index in [4.69, 9.17) is 20.9 Å². The number of benzene rings is 1. The van der Waals surface area contributed by atoms with Gasteiger partial charge in [-0.25, -0.2) is 14.6 Å². The molecule has 1 aromatic heterocycles. The number of carbonyl (C=O) groups is 2. The molecular formula is C17H22N4O4S. The maximum Gasteiger partial charge on any atom is 0.405 e. The zero-order valence-corrected chi connectivity index (χ0v) is 15.7. The van der Waals surface area contributed by atoms with Gasteiger partial charge in [0.2, 0.25) is 0 Å². The topological polar surface area (TPSA) is 122 Å². The largest absolute Gasteiger partial charge is 0.440 e. The summed E-state index contributed by atoms with van der Waals surface area (Å²) >= 11 is 1.43. The molecule has 2 amide bonds. The molecule has 0 aliphatic heterocycles. The summed E-state index contributed by atoms with van der Waals surface area (Å²) in [5.74, 6) is 0. The van der Waals surface area contributed by atoms with Crippen LogP contribution in [-0.2, 0) is 16.0 Å². The van der Waals surface area contributed by atoms with E-state index in [2.05, 4.69) is 4.98 Å². The Hall–Kier alpha value is -2.68. The van der Waals surface area contributed by atoms with Crippen molar-refractivity contribution in [3.63, 3.8) is 0 Å². The van der Waals surface area contributed by atoms with E-state index in [1.54, 1.807) is 13.8 Å². The Balaban J connectivity index is 2.53. The van der Waals surface area contributed by atoms with E-state index < -0.39 is 24.4 Å². The molecule has 8 nitrogen and oxygen atoms in total. The van der Waals surface area contributed by atoms with E-state index in [9.17, 15) is 9.59 Å². The predicted octanol–water partition coefficient (Wildman–Crippen LogP) is 2.97. The maximum absolute atomic E-state index is 11.2. The molecule has 1 aromatic carbocycles. The average Bonchev–Trinajstić information content (AvgIpc) is 2.93. The minimum absolute atomic E-state index is 0.470. The zero-order valence-electron chi connectivity index (χ0n) is 14.8. The molecule has 9 heteroatoms. The van der Waals surface area contributed by atoms with Gasteiger partial charge >= 0.3 is 12.2 Å². The molecule has 0 bridgehead atoms. The molecule has 0 spiro atoms. The molecule has 0 fully saturated rings. The normalized spacial score (nSPS) is 13.0. The first-order valence-corrected chi connectivity index (χ1v) is 9.16. The van der Waals surface area contributed by atoms with Crippen LogP contribution in [0.15, 0.2) is 35.5 Å². The smallest absolute Gasteiger partial charge is 0.405 e. The predicted molar refractivity (Wildman–Crippen MR) is 97.7 cm³/mol. The minimum atomic E-state index is -0.907. The summed E-state index contributed by atoms with van der Waals surface area (Å²) in [5, 5.41) is 0.693. The highest BCUT2D eigenvalue weighted by Crippen LogP contribution is 2.32. The van der Waals surface area contributed by atoms with Crippen LogP contribution in [0.5, 0.6) is 0 Å². The SMILES string of the molecule is CSc1nc(C(C)OC(N)=O)c(C(C)OC(N)=O)n1Cc1ccccc1. The van der Waals surface area contributed by atoms with E-state index in [0.29, 0.717) is 23.1 Å². The van der Waals surface area contributed by atoms with Crippen molar-refractivity contribution < 1.29 is 19.1 Å². The zero-order chi connectivity index (χ0) is 19.3. The summed E-state index contributed by atoms with van der Waals surface area (Å²) in [4.78, 5) is 27.0. The number of amides is 2. The van der Waals surface area contributed by atoms with Crippen molar-refractivity contribution >= 4 is 23.9 Å². The number of rotatable bonds is 7. The first kappa shape index (κ1) is 19.6. The summed E-state index contributed by atoms with van der Waals surface area (Å²) < 4.78 is 12.2. The number of thioether (sulfide) groups is 1. The second-order valence-electron chi connectivity index (χ2n) is 5.60. The van der Waals surface area contributed by atoms with Crippen molar-refractivity contribution in [3.8, 4) is 0 Å². The van der Waals surface area contributed by atoms with Gasteiger partial charge in [-0.2, -0.15) is 0 Å². The van der Waals surface area contributed by atoms with Crippen LogP contribution in [0.25, 0.3) is 0 Å². The Morgan fingerprint density at radius 1 is 1.12 bits per heavy atom. The van der Waals surface area contributed by atoms with Crippen molar-refractivity contribution in [2.75, 3.05) is 6.26 Å². The fourth-order valence-electron chi connectivity index (χ4n) is 2.72. The third-order valence-electron chi connectivity index (χ3n) is 3.72. The molecular weight excluding hydrogens is 356 g/mol. The van der Waals surface area contributed by atoms with Gasteiger partial charge in [0.15, 0.2) is 5.16 Å². The van der Waals surface area contributed by atoms with E-state index >= 15 is 0 Å². The Morgan fingerprint density at radius 2 is 1.69 bits per heavy atom. The number of nitrogens with zero attached hydrogens (tertiary/aromatic N) is 2. The van der Waals surface area contributed by atoms with Crippen molar-refractivity contribution in [1.29, 1.82) is 0 Å². The maximum atomic E-state index is 11.2. The van der Waals surface area contributed by atoms with Gasteiger partial charge in [0.1, 0.15) is 17.9 Å². The third kappa shape index (κ3) is 4.69. The highest BCUT2D eigenvalue weighted by atomic mass is 32.2. The second kappa shape index (κ2) is 8.61. The summed E-state index contributed by atoms with van der Waals surface area (Å²) in [7, 11) is 0. The molecule has 26 heavy (non-hydrogen) atoms. The molecule has 0 saturated heterocycles. The lowest BCUT2D eigenvalue weighted by Gasteiger charge is -2.19.